The molecule has 0 saturated carbocycles. The van der Waals surface area contributed by atoms with Crippen LogP contribution in [-0.2, 0) is 10.0 Å². The standard InChI is InChI=1S/C13H19BrN2O2S/c1-3-12-10-16(8-7-15(12)2)19(17,18)13-6-4-5-11(14)9-13/h4-6,9,12H,3,7-8,10H2,1-2H3. The summed E-state index contributed by atoms with van der Waals surface area (Å²) in [4.78, 5) is 2.59. The lowest BCUT2D eigenvalue weighted by molar-refractivity contribution is 0.144. The lowest BCUT2D eigenvalue weighted by Crippen LogP contribution is -2.52. The number of piperazine rings is 1. The minimum absolute atomic E-state index is 0.302. The molecule has 0 N–H and O–H groups in total. The Hall–Kier alpha value is -0.430. The van der Waals surface area contributed by atoms with Crippen molar-refractivity contribution in [2.45, 2.75) is 24.3 Å². The Balaban J connectivity index is 2.25. The maximum atomic E-state index is 12.6. The van der Waals surface area contributed by atoms with Crippen LogP contribution in [0.3, 0.4) is 0 Å². The van der Waals surface area contributed by atoms with Gasteiger partial charge in [-0.3, -0.25) is 0 Å². The topological polar surface area (TPSA) is 40.6 Å². The van der Waals surface area contributed by atoms with Gasteiger partial charge in [0.1, 0.15) is 0 Å². The maximum absolute atomic E-state index is 12.6. The molecule has 0 aromatic heterocycles. The average molecular weight is 347 g/mol. The number of likely N-dealkylation sites (N-methyl/N-ethyl adjacent to an activating group) is 1. The first-order valence-electron chi connectivity index (χ1n) is 6.41. The van der Waals surface area contributed by atoms with E-state index in [-0.39, 0.29) is 0 Å². The van der Waals surface area contributed by atoms with Crippen LogP contribution >= 0.6 is 15.9 Å². The zero-order chi connectivity index (χ0) is 14.0. The van der Waals surface area contributed by atoms with Gasteiger partial charge in [-0.1, -0.05) is 28.9 Å². The van der Waals surface area contributed by atoms with E-state index in [1.165, 1.54) is 0 Å². The Morgan fingerprint density at radius 2 is 2.11 bits per heavy atom. The second-order valence-corrected chi connectivity index (χ2v) is 7.72. The first kappa shape index (κ1) is 15.0. The minimum Gasteiger partial charge on any atom is -0.301 e. The molecule has 106 valence electrons. The number of benzene rings is 1. The third-order valence-corrected chi connectivity index (χ3v) is 6.00. The molecule has 1 aliphatic heterocycles. The van der Waals surface area contributed by atoms with Crippen molar-refractivity contribution < 1.29 is 8.42 Å². The molecule has 4 nitrogen and oxygen atoms in total. The summed E-state index contributed by atoms with van der Waals surface area (Å²) in [6.07, 6.45) is 0.959. The average Bonchev–Trinajstić information content (AvgIpc) is 2.39. The molecule has 1 unspecified atom stereocenters. The van der Waals surface area contributed by atoms with Gasteiger partial charge in [-0.05, 0) is 31.7 Å². The maximum Gasteiger partial charge on any atom is 0.243 e. The fraction of sp³-hybridized carbons (Fsp3) is 0.538. The molecule has 1 atom stereocenters. The third kappa shape index (κ3) is 3.18. The van der Waals surface area contributed by atoms with Gasteiger partial charge in [-0.2, -0.15) is 4.31 Å². The van der Waals surface area contributed by atoms with Crippen molar-refractivity contribution in [1.82, 2.24) is 9.21 Å². The molecule has 0 aliphatic carbocycles. The van der Waals surface area contributed by atoms with Crippen LogP contribution in [0, 0.1) is 0 Å². The molecule has 1 aromatic rings. The van der Waals surface area contributed by atoms with E-state index in [0.29, 0.717) is 24.0 Å². The fourth-order valence-corrected chi connectivity index (χ4v) is 4.42. The van der Waals surface area contributed by atoms with E-state index >= 15 is 0 Å². The molecule has 1 fully saturated rings. The second-order valence-electron chi connectivity index (χ2n) is 4.86. The quantitative estimate of drug-likeness (QED) is 0.841. The fourth-order valence-electron chi connectivity index (χ4n) is 2.35. The molecular formula is C13H19BrN2O2S. The SMILES string of the molecule is CCC1CN(S(=O)(=O)c2cccc(Br)c2)CCN1C. The molecule has 2 rings (SSSR count). The van der Waals surface area contributed by atoms with Gasteiger partial charge < -0.3 is 4.90 Å². The molecule has 0 spiro atoms. The molecule has 1 heterocycles. The molecule has 0 bridgehead atoms. The van der Waals surface area contributed by atoms with Crippen molar-refractivity contribution in [3.8, 4) is 0 Å². The van der Waals surface area contributed by atoms with E-state index < -0.39 is 10.0 Å². The van der Waals surface area contributed by atoms with Crippen LogP contribution in [0.2, 0.25) is 0 Å². The summed E-state index contributed by atoms with van der Waals surface area (Å²) in [6.45, 7) is 4.01. The van der Waals surface area contributed by atoms with Crippen LogP contribution in [0.4, 0.5) is 0 Å². The number of hydrogen-bond donors (Lipinski definition) is 0. The highest BCUT2D eigenvalue weighted by molar-refractivity contribution is 9.10. The van der Waals surface area contributed by atoms with E-state index in [1.54, 1.807) is 22.5 Å². The summed E-state index contributed by atoms with van der Waals surface area (Å²) in [6, 6.07) is 7.20. The first-order valence-corrected chi connectivity index (χ1v) is 8.64. The predicted octanol–water partition coefficient (Wildman–Crippen LogP) is 2.16. The zero-order valence-electron chi connectivity index (χ0n) is 11.2. The van der Waals surface area contributed by atoms with Gasteiger partial charge in [-0.15, -0.1) is 0 Å². The molecule has 6 heteroatoms. The van der Waals surface area contributed by atoms with E-state index in [2.05, 4.69) is 34.8 Å². The Morgan fingerprint density at radius 3 is 2.74 bits per heavy atom. The van der Waals surface area contributed by atoms with Crippen LogP contribution in [0.25, 0.3) is 0 Å². The van der Waals surface area contributed by atoms with Gasteiger partial charge in [0.15, 0.2) is 0 Å². The van der Waals surface area contributed by atoms with Crippen LogP contribution < -0.4 is 0 Å². The molecule has 0 amide bonds. The van der Waals surface area contributed by atoms with Crippen molar-refractivity contribution in [2.24, 2.45) is 0 Å². The van der Waals surface area contributed by atoms with Gasteiger partial charge in [0.25, 0.3) is 0 Å². The van der Waals surface area contributed by atoms with Crippen LogP contribution in [0.5, 0.6) is 0 Å². The summed E-state index contributed by atoms with van der Waals surface area (Å²) in [7, 11) is -1.32. The first-order chi connectivity index (χ1) is 8.95. The van der Waals surface area contributed by atoms with Crippen molar-refractivity contribution in [3.63, 3.8) is 0 Å². The highest BCUT2D eigenvalue weighted by Crippen LogP contribution is 2.22. The van der Waals surface area contributed by atoms with Crippen molar-refractivity contribution >= 4 is 26.0 Å². The number of hydrogen-bond acceptors (Lipinski definition) is 3. The highest BCUT2D eigenvalue weighted by atomic mass is 79.9. The Labute approximate surface area is 123 Å². The van der Waals surface area contributed by atoms with Gasteiger partial charge in [-0.25, -0.2) is 8.42 Å². The monoisotopic (exact) mass is 346 g/mol. The van der Waals surface area contributed by atoms with Gasteiger partial charge >= 0.3 is 0 Å². The van der Waals surface area contributed by atoms with E-state index in [4.69, 9.17) is 0 Å². The highest BCUT2D eigenvalue weighted by Gasteiger charge is 2.31. The molecular weight excluding hydrogens is 328 g/mol. The van der Waals surface area contributed by atoms with Crippen molar-refractivity contribution in [2.75, 3.05) is 26.7 Å². The lowest BCUT2D eigenvalue weighted by atomic mass is 10.1. The Morgan fingerprint density at radius 1 is 1.37 bits per heavy atom. The molecule has 0 radical (unpaired) electrons. The minimum atomic E-state index is -3.37. The number of sulfonamides is 1. The summed E-state index contributed by atoms with van der Waals surface area (Å²) in [5, 5.41) is 0. The molecule has 1 aromatic carbocycles. The summed E-state index contributed by atoms with van der Waals surface area (Å²) >= 11 is 3.32. The van der Waals surface area contributed by atoms with Gasteiger partial charge in [0, 0.05) is 30.1 Å². The van der Waals surface area contributed by atoms with Crippen LogP contribution in [0.1, 0.15) is 13.3 Å². The van der Waals surface area contributed by atoms with Crippen LogP contribution in [-0.4, -0.2) is 50.3 Å². The summed E-state index contributed by atoms with van der Waals surface area (Å²) < 4.78 is 27.6. The van der Waals surface area contributed by atoms with Crippen LogP contribution in [0.15, 0.2) is 33.6 Å². The van der Waals surface area contributed by atoms with Crippen molar-refractivity contribution in [1.29, 1.82) is 0 Å². The largest absolute Gasteiger partial charge is 0.301 e. The second kappa shape index (κ2) is 5.91. The molecule has 1 saturated heterocycles. The normalized spacial score (nSPS) is 22.6. The zero-order valence-corrected chi connectivity index (χ0v) is 13.6. The number of nitrogens with zero attached hydrogens (tertiary/aromatic N) is 2. The number of halogens is 1. The van der Waals surface area contributed by atoms with E-state index in [9.17, 15) is 8.42 Å². The van der Waals surface area contributed by atoms with Gasteiger partial charge in [0.2, 0.25) is 10.0 Å². The summed E-state index contributed by atoms with van der Waals surface area (Å²) in [5.41, 5.74) is 0. The predicted molar refractivity (Wildman–Crippen MR) is 79.6 cm³/mol. The summed E-state index contributed by atoms with van der Waals surface area (Å²) in [5.74, 6) is 0. The number of rotatable bonds is 3. The van der Waals surface area contributed by atoms with E-state index in [1.807, 2.05) is 6.07 Å². The van der Waals surface area contributed by atoms with Crippen molar-refractivity contribution in [3.05, 3.63) is 28.7 Å². The third-order valence-electron chi connectivity index (χ3n) is 3.64. The Kier molecular flexibility index (Phi) is 4.66. The van der Waals surface area contributed by atoms with Gasteiger partial charge in [0.05, 0.1) is 4.90 Å². The molecule has 1 aliphatic rings. The van der Waals surface area contributed by atoms with E-state index in [0.717, 1.165) is 17.4 Å². The molecule has 19 heavy (non-hydrogen) atoms. The Bertz CT molecular complexity index is 547. The lowest BCUT2D eigenvalue weighted by Gasteiger charge is -2.38. The smallest absolute Gasteiger partial charge is 0.243 e.